The fourth-order valence-electron chi connectivity index (χ4n) is 2.23. The quantitative estimate of drug-likeness (QED) is 0.239. The topological polar surface area (TPSA) is 127 Å². The normalized spacial score (nSPS) is 9.47. The van der Waals surface area contributed by atoms with Gasteiger partial charge < -0.3 is 16.4 Å². The van der Waals surface area contributed by atoms with E-state index in [1.165, 1.54) is 18.2 Å². The Hall–Kier alpha value is -3.94. The SMILES string of the molecule is C=CCCC(=O)Nc1cccc(N)c1.C=CCCC(=O)Nc1cccc([N+](=O)[O-])c1. The number of nitrogens with zero attached hydrogens (tertiary/aromatic N) is 1. The van der Waals surface area contributed by atoms with Crippen LogP contribution in [0.25, 0.3) is 0 Å². The highest BCUT2D eigenvalue weighted by Gasteiger charge is 2.07. The van der Waals surface area contributed by atoms with E-state index in [2.05, 4.69) is 23.8 Å². The molecule has 0 heterocycles. The summed E-state index contributed by atoms with van der Waals surface area (Å²) in [6.45, 7) is 7.06. The first kappa shape index (κ1) is 24.1. The van der Waals surface area contributed by atoms with Crippen molar-refractivity contribution in [3.63, 3.8) is 0 Å². The number of carbonyl (C=O) groups excluding carboxylic acids is 2. The Labute approximate surface area is 175 Å². The maximum absolute atomic E-state index is 11.3. The van der Waals surface area contributed by atoms with Gasteiger partial charge in [0, 0.05) is 42.0 Å². The van der Waals surface area contributed by atoms with Gasteiger partial charge in [0.15, 0.2) is 0 Å². The second-order valence-corrected chi connectivity index (χ2v) is 6.18. The molecule has 0 saturated carbocycles. The minimum Gasteiger partial charge on any atom is -0.399 e. The highest BCUT2D eigenvalue weighted by Crippen LogP contribution is 2.17. The second kappa shape index (κ2) is 13.3. The zero-order valence-corrected chi connectivity index (χ0v) is 16.7. The van der Waals surface area contributed by atoms with Gasteiger partial charge in [-0.2, -0.15) is 0 Å². The number of non-ortho nitro benzene ring substituents is 1. The van der Waals surface area contributed by atoms with Gasteiger partial charge in [-0.3, -0.25) is 19.7 Å². The average Bonchev–Trinajstić information content (AvgIpc) is 2.71. The molecular formula is C22H26N4O4. The molecule has 0 saturated heterocycles. The Kier molecular flexibility index (Phi) is 10.7. The second-order valence-electron chi connectivity index (χ2n) is 6.18. The number of benzene rings is 2. The first-order valence-electron chi connectivity index (χ1n) is 9.27. The summed E-state index contributed by atoms with van der Waals surface area (Å²) in [5.41, 5.74) is 7.34. The van der Waals surface area contributed by atoms with Crippen molar-refractivity contribution in [1.29, 1.82) is 0 Å². The van der Waals surface area contributed by atoms with Crippen LogP contribution >= 0.6 is 0 Å². The summed E-state index contributed by atoms with van der Waals surface area (Å²) >= 11 is 0. The lowest BCUT2D eigenvalue weighted by atomic mass is 10.2. The molecule has 0 aliphatic rings. The molecule has 0 spiro atoms. The number of carbonyl (C=O) groups is 2. The average molecular weight is 410 g/mol. The minimum absolute atomic E-state index is 0.0181. The number of hydrogen-bond donors (Lipinski definition) is 3. The third kappa shape index (κ3) is 9.84. The molecule has 0 unspecified atom stereocenters. The third-order valence-electron chi connectivity index (χ3n) is 3.66. The fourth-order valence-corrected chi connectivity index (χ4v) is 2.23. The molecule has 2 aromatic rings. The maximum Gasteiger partial charge on any atom is 0.271 e. The van der Waals surface area contributed by atoms with E-state index in [1.807, 2.05) is 6.07 Å². The molecule has 0 aromatic heterocycles. The molecule has 8 nitrogen and oxygen atoms in total. The van der Waals surface area contributed by atoms with Gasteiger partial charge in [-0.25, -0.2) is 0 Å². The van der Waals surface area contributed by atoms with E-state index in [9.17, 15) is 19.7 Å². The molecule has 30 heavy (non-hydrogen) atoms. The number of anilines is 3. The van der Waals surface area contributed by atoms with Gasteiger partial charge >= 0.3 is 0 Å². The zero-order chi connectivity index (χ0) is 22.4. The van der Waals surface area contributed by atoms with Gasteiger partial charge in [0.1, 0.15) is 0 Å². The maximum atomic E-state index is 11.3. The van der Waals surface area contributed by atoms with Crippen LogP contribution in [-0.4, -0.2) is 16.7 Å². The molecule has 2 amide bonds. The summed E-state index contributed by atoms with van der Waals surface area (Å²) in [4.78, 5) is 32.6. The molecule has 2 aromatic carbocycles. The standard InChI is InChI=1S/C11H12N2O3.C11H14N2O/c1-2-3-7-11(14)12-9-5-4-6-10(8-9)13(15)16;1-2-3-7-11(14)13-10-6-4-5-9(12)8-10/h2,4-6,8H,1,3,7H2,(H,12,14);2,4-6,8H,1,3,7,12H2,(H,13,14). The van der Waals surface area contributed by atoms with Crippen molar-refractivity contribution in [1.82, 2.24) is 0 Å². The van der Waals surface area contributed by atoms with Gasteiger partial charge in [-0.1, -0.05) is 24.3 Å². The smallest absolute Gasteiger partial charge is 0.271 e. The number of nitro groups is 1. The van der Waals surface area contributed by atoms with E-state index < -0.39 is 4.92 Å². The monoisotopic (exact) mass is 410 g/mol. The van der Waals surface area contributed by atoms with Crippen LogP contribution in [0.3, 0.4) is 0 Å². The van der Waals surface area contributed by atoms with Gasteiger partial charge in [-0.05, 0) is 37.1 Å². The summed E-state index contributed by atoms with van der Waals surface area (Å²) in [6.07, 6.45) is 5.42. The van der Waals surface area contributed by atoms with Gasteiger partial charge in [0.05, 0.1) is 4.92 Å². The van der Waals surface area contributed by atoms with E-state index in [1.54, 1.807) is 36.4 Å². The lowest BCUT2D eigenvalue weighted by molar-refractivity contribution is -0.384. The van der Waals surface area contributed by atoms with Crippen LogP contribution < -0.4 is 16.4 Å². The number of amides is 2. The summed E-state index contributed by atoms with van der Waals surface area (Å²) in [5.74, 6) is -0.198. The van der Waals surface area contributed by atoms with Crippen LogP contribution in [0.4, 0.5) is 22.7 Å². The highest BCUT2D eigenvalue weighted by atomic mass is 16.6. The van der Waals surface area contributed by atoms with Gasteiger partial charge in [0.25, 0.3) is 5.69 Å². The molecule has 0 radical (unpaired) electrons. The Morgan fingerprint density at radius 1 is 0.933 bits per heavy atom. The van der Waals surface area contributed by atoms with Crippen LogP contribution in [0.5, 0.6) is 0 Å². The van der Waals surface area contributed by atoms with E-state index in [0.29, 0.717) is 37.1 Å². The Bertz CT molecular complexity index is 896. The molecule has 158 valence electrons. The molecule has 0 bridgehead atoms. The van der Waals surface area contributed by atoms with Gasteiger partial charge in [-0.15, -0.1) is 13.2 Å². The fraction of sp³-hybridized carbons (Fsp3) is 0.182. The van der Waals surface area contributed by atoms with Crippen LogP contribution in [0.1, 0.15) is 25.7 Å². The first-order chi connectivity index (χ1) is 14.3. The summed E-state index contributed by atoms with van der Waals surface area (Å²) in [7, 11) is 0. The lowest BCUT2D eigenvalue weighted by Crippen LogP contribution is -2.10. The summed E-state index contributed by atoms with van der Waals surface area (Å²) in [5, 5.41) is 15.8. The first-order valence-corrected chi connectivity index (χ1v) is 9.27. The molecule has 0 atom stereocenters. The summed E-state index contributed by atoms with van der Waals surface area (Å²) in [6, 6.07) is 13.0. The van der Waals surface area contributed by atoms with Gasteiger partial charge in [0.2, 0.25) is 11.8 Å². The van der Waals surface area contributed by atoms with Crippen molar-refractivity contribution >= 4 is 34.6 Å². The van der Waals surface area contributed by atoms with Crippen molar-refractivity contribution in [3.8, 4) is 0 Å². The molecule has 0 fully saturated rings. The van der Waals surface area contributed by atoms with Crippen LogP contribution in [0, 0.1) is 10.1 Å². The number of nitro benzene ring substituents is 1. The van der Waals surface area contributed by atoms with E-state index in [0.717, 1.165) is 5.69 Å². The highest BCUT2D eigenvalue weighted by molar-refractivity contribution is 5.91. The van der Waals surface area contributed by atoms with Crippen molar-refractivity contribution < 1.29 is 14.5 Å². The van der Waals surface area contributed by atoms with E-state index in [-0.39, 0.29) is 17.5 Å². The van der Waals surface area contributed by atoms with Crippen molar-refractivity contribution in [3.05, 3.63) is 84.0 Å². The Balaban J connectivity index is 0.000000303. The number of nitrogens with one attached hydrogen (secondary N) is 2. The predicted octanol–water partition coefficient (Wildman–Crippen LogP) is 4.67. The van der Waals surface area contributed by atoms with Crippen LogP contribution in [0.2, 0.25) is 0 Å². The van der Waals surface area contributed by atoms with Crippen molar-refractivity contribution in [2.45, 2.75) is 25.7 Å². The van der Waals surface area contributed by atoms with Crippen molar-refractivity contribution in [2.75, 3.05) is 16.4 Å². The molecule has 4 N–H and O–H groups in total. The number of allylic oxidation sites excluding steroid dienone is 2. The number of nitrogen functional groups attached to an aromatic ring is 1. The molecular weight excluding hydrogens is 384 g/mol. The van der Waals surface area contributed by atoms with E-state index >= 15 is 0 Å². The van der Waals surface area contributed by atoms with Crippen molar-refractivity contribution in [2.24, 2.45) is 0 Å². The molecule has 8 heteroatoms. The number of hydrogen-bond acceptors (Lipinski definition) is 5. The molecule has 2 rings (SSSR count). The third-order valence-corrected chi connectivity index (χ3v) is 3.66. The Morgan fingerprint density at radius 2 is 1.43 bits per heavy atom. The molecule has 0 aliphatic carbocycles. The van der Waals surface area contributed by atoms with Crippen LogP contribution in [0.15, 0.2) is 73.8 Å². The lowest BCUT2D eigenvalue weighted by Gasteiger charge is -2.04. The molecule has 0 aliphatic heterocycles. The number of nitrogens with two attached hydrogens (primary N) is 1. The van der Waals surface area contributed by atoms with Crippen LogP contribution in [-0.2, 0) is 9.59 Å². The predicted molar refractivity (Wildman–Crippen MR) is 120 cm³/mol. The zero-order valence-electron chi connectivity index (χ0n) is 16.7. The largest absolute Gasteiger partial charge is 0.399 e. The number of rotatable bonds is 9. The minimum atomic E-state index is -0.501. The Morgan fingerprint density at radius 3 is 1.90 bits per heavy atom. The van der Waals surface area contributed by atoms with E-state index in [4.69, 9.17) is 5.73 Å². The summed E-state index contributed by atoms with van der Waals surface area (Å²) < 4.78 is 0.